The maximum absolute atomic E-state index is 7.60. The second-order valence-corrected chi connectivity index (χ2v) is 3.40. The van der Waals surface area contributed by atoms with Crippen molar-refractivity contribution in [2.75, 3.05) is 6.61 Å². The minimum atomic E-state index is 0.352. The summed E-state index contributed by atoms with van der Waals surface area (Å²) < 4.78 is 5.14. The van der Waals surface area contributed by atoms with Crippen molar-refractivity contribution in [2.45, 2.75) is 27.2 Å². The van der Waals surface area contributed by atoms with Crippen molar-refractivity contribution < 1.29 is 4.74 Å². The fourth-order valence-corrected chi connectivity index (χ4v) is 1.51. The lowest BCUT2D eigenvalue weighted by molar-refractivity contribution is 0.317. The Balaban J connectivity index is 2.80. The molecule has 0 radical (unpaired) electrons. The van der Waals surface area contributed by atoms with E-state index in [1.807, 2.05) is 13.0 Å². The maximum atomic E-state index is 7.60. The summed E-state index contributed by atoms with van der Waals surface area (Å²) in [6.45, 7) is 6.62. The van der Waals surface area contributed by atoms with Crippen molar-refractivity contribution in [1.82, 2.24) is 0 Å². The highest BCUT2D eigenvalue weighted by atomic mass is 16.5. The summed E-state index contributed by atoms with van der Waals surface area (Å²) in [5, 5.41) is 7.60. The molecule has 1 N–H and O–H groups in total. The van der Waals surface area contributed by atoms with Gasteiger partial charge in [0.2, 0.25) is 0 Å². The van der Waals surface area contributed by atoms with Crippen LogP contribution >= 0.6 is 0 Å². The highest BCUT2D eigenvalue weighted by Crippen LogP contribution is 2.14. The first-order valence-electron chi connectivity index (χ1n) is 4.90. The van der Waals surface area contributed by atoms with Crippen LogP contribution in [0.15, 0.2) is 18.2 Å². The van der Waals surface area contributed by atoms with Crippen molar-refractivity contribution in [3.8, 4) is 0 Å². The lowest BCUT2D eigenvalue weighted by atomic mass is 10.0. The second kappa shape index (κ2) is 4.80. The van der Waals surface area contributed by atoms with Gasteiger partial charge < -0.3 is 4.74 Å². The van der Waals surface area contributed by atoms with E-state index in [1.54, 1.807) is 0 Å². The summed E-state index contributed by atoms with van der Waals surface area (Å²) in [6.07, 6.45) is 0.604. The summed E-state index contributed by atoms with van der Waals surface area (Å²) in [6, 6.07) is 6.18. The molecular formula is C12H17NO. The summed E-state index contributed by atoms with van der Waals surface area (Å²) in [7, 11) is 0. The van der Waals surface area contributed by atoms with Gasteiger partial charge in [-0.3, -0.25) is 5.41 Å². The van der Waals surface area contributed by atoms with E-state index in [0.29, 0.717) is 18.9 Å². The quantitative estimate of drug-likeness (QED) is 0.578. The molecule has 0 spiro atoms. The van der Waals surface area contributed by atoms with E-state index in [-0.39, 0.29) is 0 Å². The predicted octanol–water partition coefficient (Wildman–Crippen LogP) is 2.86. The average Bonchev–Trinajstić information content (AvgIpc) is 2.12. The van der Waals surface area contributed by atoms with Crippen LogP contribution in [0.25, 0.3) is 0 Å². The molecule has 0 heterocycles. The number of aryl methyl sites for hydroxylation is 2. The average molecular weight is 191 g/mol. The largest absolute Gasteiger partial charge is 0.481 e. The van der Waals surface area contributed by atoms with E-state index in [4.69, 9.17) is 10.1 Å². The molecule has 0 saturated heterocycles. The number of hydrogen-bond donors (Lipinski definition) is 1. The van der Waals surface area contributed by atoms with Gasteiger partial charge in [-0.15, -0.1) is 0 Å². The second-order valence-electron chi connectivity index (χ2n) is 3.40. The van der Waals surface area contributed by atoms with Crippen molar-refractivity contribution in [3.63, 3.8) is 0 Å². The Kier molecular flexibility index (Phi) is 3.69. The molecule has 0 aliphatic carbocycles. The van der Waals surface area contributed by atoms with E-state index in [0.717, 1.165) is 0 Å². The van der Waals surface area contributed by atoms with Gasteiger partial charge in [0.15, 0.2) is 5.90 Å². The van der Waals surface area contributed by atoms with Gasteiger partial charge in [0.1, 0.15) is 0 Å². The van der Waals surface area contributed by atoms with Gasteiger partial charge >= 0.3 is 0 Å². The first kappa shape index (κ1) is 10.8. The number of ether oxygens (including phenoxy) is 1. The van der Waals surface area contributed by atoms with Crippen LogP contribution < -0.4 is 0 Å². The number of hydrogen-bond acceptors (Lipinski definition) is 2. The van der Waals surface area contributed by atoms with Crippen LogP contribution in [0, 0.1) is 19.3 Å². The number of rotatable bonds is 3. The molecule has 0 fully saturated rings. The minimum absolute atomic E-state index is 0.352. The molecule has 0 amide bonds. The van der Waals surface area contributed by atoms with Gasteiger partial charge in [0.25, 0.3) is 0 Å². The standard InChI is InChI=1S/C12H17NO/c1-4-14-12(13)8-11-9(2)6-5-7-10(11)3/h5-7,13H,4,8H2,1-3H3. The van der Waals surface area contributed by atoms with Gasteiger partial charge in [-0.25, -0.2) is 0 Å². The monoisotopic (exact) mass is 191 g/mol. The molecule has 0 aliphatic heterocycles. The highest BCUT2D eigenvalue weighted by Gasteiger charge is 2.05. The van der Waals surface area contributed by atoms with E-state index < -0.39 is 0 Å². The van der Waals surface area contributed by atoms with Crippen LogP contribution in [0.3, 0.4) is 0 Å². The van der Waals surface area contributed by atoms with E-state index >= 15 is 0 Å². The van der Waals surface area contributed by atoms with E-state index in [9.17, 15) is 0 Å². The third-order valence-electron chi connectivity index (χ3n) is 2.30. The molecule has 1 rings (SSSR count). The Morgan fingerprint density at radius 3 is 2.36 bits per heavy atom. The first-order valence-corrected chi connectivity index (χ1v) is 4.90. The molecule has 1 aromatic carbocycles. The van der Waals surface area contributed by atoms with Crippen LogP contribution in [0.5, 0.6) is 0 Å². The van der Waals surface area contributed by atoms with Crippen molar-refractivity contribution in [3.05, 3.63) is 34.9 Å². The summed E-state index contributed by atoms with van der Waals surface area (Å²) in [5.74, 6) is 0.352. The molecule has 0 bridgehead atoms. The summed E-state index contributed by atoms with van der Waals surface area (Å²) in [4.78, 5) is 0. The third kappa shape index (κ3) is 2.59. The zero-order chi connectivity index (χ0) is 10.6. The van der Waals surface area contributed by atoms with E-state index in [2.05, 4.69) is 26.0 Å². The molecule has 2 heteroatoms. The summed E-state index contributed by atoms with van der Waals surface area (Å²) in [5.41, 5.74) is 3.68. The Morgan fingerprint density at radius 2 is 1.86 bits per heavy atom. The van der Waals surface area contributed by atoms with Gasteiger partial charge in [0, 0.05) is 6.42 Å². The minimum Gasteiger partial charge on any atom is -0.481 e. The smallest absolute Gasteiger partial charge is 0.184 e. The first-order chi connectivity index (χ1) is 6.65. The van der Waals surface area contributed by atoms with Crippen LogP contribution in [-0.2, 0) is 11.2 Å². The van der Waals surface area contributed by atoms with Gasteiger partial charge in [0.05, 0.1) is 6.61 Å². The van der Waals surface area contributed by atoms with Gasteiger partial charge in [-0.05, 0) is 37.5 Å². The molecule has 14 heavy (non-hydrogen) atoms. The Morgan fingerprint density at radius 1 is 1.29 bits per heavy atom. The van der Waals surface area contributed by atoms with Crippen LogP contribution in [0.4, 0.5) is 0 Å². The van der Waals surface area contributed by atoms with Crippen LogP contribution in [-0.4, -0.2) is 12.5 Å². The fraction of sp³-hybridized carbons (Fsp3) is 0.417. The molecule has 1 aromatic rings. The lowest BCUT2D eigenvalue weighted by Gasteiger charge is -2.10. The zero-order valence-corrected chi connectivity index (χ0v) is 9.05. The predicted molar refractivity (Wildman–Crippen MR) is 59.0 cm³/mol. The van der Waals surface area contributed by atoms with Crippen molar-refractivity contribution in [1.29, 1.82) is 5.41 Å². The third-order valence-corrected chi connectivity index (χ3v) is 2.30. The molecule has 2 nitrogen and oxygen atoms in total. The Hall–Kier alpha value is -1.31. The van der Waals surface area contributed by atoms with Crippen molar-refractivity contribution in [2.24, 2.45) is 0 Å². The normalized spacial score (nSPS) is 9.93. The SMILES string of the molecule is CCOC(=N)Cc1c(C)cccc1C. The topological polar surface area (TPSA) is 33.1 Å². The molecule has 0 unspecified atom stereocenters. The van der Waals surface area contributed by atoms with Crippen LogP contribution in [0.2, 0.25) is 0 Å². The highest BCUT2D eigenvalue weighted by molar-refractivity contribution is 5.76. The lowest BCUT2D eigenvalue weighted by Crippen LogP contribution is -2.08. The molecule has 76 valence electrons. The van der Waals surface area contributed by atoms with Crippen molar-refractivity contribution >= 4 is 5.90 Å². The van der Waals surface area contributed by atoms with Gasteiger partial charge in [-0.2, -0.15) is 0 Å². The Labute approximate surface area is 85.4 Å². The fourth-order valence-electron chi connectivity index (χ4n) is 1.51. The molecular weight excluding hydrogens is 174 g/mol. The van der Waals surface area contributed by atoms with Crippen LogP contribution in [0.1, 0.15) is 23.6 Å². The molecule has 0 aliphatic rings. The van der Waals surface area contributed by atoms with Gasteiger partial charge in [-0.1, -0.05) is 18.2 Å². The van der Waals surface area contributed by atoms with E-state index in [1.165, 1.54) is 16.7 Å². The number of benzene rings is 1. The Bertz CT molecular complexity index is 311. The molecule has 0 saturated carbocycles. The zero-order valence-electron chi connectivity index (χ0n) is 9.05. The summed E-state index contributed by atoms with van der Waals surface area (Å²) >= 11 is 0. The molecule has 0 atom stereocenters. The maximum Gasteiger partial charge on any atom is 0.184 e. The molecule has 0 aromatic heterocycles. The number of nitrogens with one attached hydrogen (secondary N) is 1.